The van der Waals surface area contributed by atoms with Crippen LogP contribution in [0.2, 0.25) is 0 Å². The van der Waals surface area contributed by atoms with Crippen LogP contribution >= 0.6 is 0 Å². The zero-order valence-corrected chi connectivity index (χ0v) is 10.7. The number of sulfonamides is 1. The highest BCUT2D eigenvalue weighted by atomic mass is 32.2. The molecular weight excluding hydrogens is 256 g/mol. The van der Waals surface area contributed by atoms with Crippen LogP contribution in [-0.2, 0) is 16.6 Å². The van der Waals surface area contributed by atoms with Crippen molar-refractivity contribution in [2.45, 2.75) is 6.54 Å². The number of primary sulfonamides is 1. The molecule has 3 N–H and O–H groups in total. The van der Waals surface area contributed by atoms with Gasteiger partial charge in [-0.1, -0.05) is 12.1 Å². The number of benzene rings is 1. The van der Waals surface area contributed by atoms with Crippen LogP contribution in [0.5, 0.6) is 11.5 Å². The van der Waals surface area contributed by atoms with Gasteiger partial charge in [0.2, 0.25) is 10.0 Å². The molecule has 1 aliphatic rings. The minimum absolute atomic E-state index is 0.0839. The lowest BCUT2D eigenvalue weighted by Crippen LogP contribution is -2.27. The lowest BCUT2D eigenvalue weighted by molar-refractivity contribution is 0.169. The number of hydrogen-bond donors (Lipinski definition) is 2. The molecule has 18 heavy (non-hydrogen) atoms. The first kappa shape index (κ1) is 13.1. The first-order valence-electron chi connectivity index (χ1n) is 5.65. The molecule has 6 nitrogen and oxygen atoms in total. The maximum Gasteiger partial charge on any atom is 0.210 e. The maximum absolute atomic E-state index is 10.8. The molecule has 0 bridgehead atoms. The van der Waals surface area contributed by atoms with E-state index in [2.05, 4.69) is 5.32 Å². The van der Waals surface area contributed by atoms with Gasteiger partial charge in [0.25, 0.3) is 0 Å². The summed E-state index contributed by atoms with van der Waals surface area (Å²) < 4.78 is 32.5. The average molecular weight is 272 g/mol. The Balaban J connectivity index is 1.93. The molecule has 100 valence electrons. The van der Waals surface area contributed by atoms with Gasteiger partial charge in [0.05, 0.1) is 5.75 Å². The number of ether oxygens (including phenoxy) is 2. The van der Waals surface area contributed by atoms with Crippen LogP contribution in [0.1, 0.15) is 5.56 Å². The van der Waals surface area contributed by atoms with Crippen LogP contribution in [0.4, 0.5) is 0 Å². The highest BCUT2D eigenvalue weighted by Crippen LogP contribution is 2.33. The van der Waals surface area contributed by atoms with Crippen molar-refractivity contribution < 1.29 is 17.9 Å². The molecule has 1 aromatic carbocycles. The second kappa shape index (κ2) is 5.55. The van der Waals surface area contributed by atoms with Gasteiger partial charge in [-0.3, -0.25) is 0 Å². The predicted octanol–water partition coefficient (Wildman–Crippen LogP) is -0.164. The molecule has 1 aliphatic heterocycles. The van der Waals surface area contributed by atoms with Crippen LogP contribution < -0.4 is 19.9 Å². The highest BCUT2D eigenvalue weighted by molar-refractivity contribution is 7.89. The summed E-state index contributed by atoms with van der Waals surface area (Å²) in [7, 11) is -3.41. The van der Waals surface area contributed by atoms with Crippen molar-refractivity contribution in [3.8, 4) is 11.5 Å². The number of para-hydroxylation sites is 1. The minimum Gasteiger partial charge on any atom is -0.486 e. The molecule has 0 amide bonds. The third-order valence-corrected chi connectivity index (χ3v) is 3.30. The van der Waals surface area contributed by atoms with E-state index in [0.717, 1.165) is 17.1 Å². The summed E-state index contributed by atoms with van der Waals surface area (Å²) in [6, 6.07) is 5.64. The van der Waals surface area contributed by atoms with E-state index in [9.17, 15) is 8.42 Å². The van der Waals surface area contributed by atoms with E-state index in [1.807, 2.05) is 18.2 Å². The summed E-state index contributed by atoms with van der Waals surface area (Å²) in [5.41, 5.74) is 0.946. The Morgan fingerprint density at radius 2 is 2.06 bits per heavy atom. The third-order valence-electron chi connectivity index (χ3n) is 2.53. The fourth-order valence-electron chi connectivity index (χ4n) is 1.71. The second-order valence-electron chi connectivity index (χ2n) is 3.99. The molecule has 0 aliphatic carbocycles. The third kappa shape index (κ3) is 3.59. The quantitative estimate of drug-likeness (QED) is 0.727. The lowest BCUT2D eigenvalue weighted by atomic mass is 10.1. The van der Waals surface area contributed by atoms with Crippen molar-refractivity contribution >= 4 is 10.0 Å². The molecular formula is C11H16N2O4S. The van der Waals surface area contributed by atoms with E-state index in [0.29, 0.717) is 26.3 Å². The largest absolute Gasteiger partial charge is 0.486 e. The molecule has 2 rings (SSSR count). The number of fused-ring (bicyclic) bond motifs is 1. The van der Waals surface area contributed by atoms with E-state index in [1.165, 1.54) is 0 Å². The van der Waals surface area contributed by atoms with E-state index < -0.39 is 10.0 Å². The summed E-state index contributed by atoms with van der Waals surface area (Å²) in [4.78, 5) is 0. The van der Waals surface area contributed by atoms with E-state index in [1.54, 1.807) is 0 Å². The van der Waals surface area contributed by atoms with Crippen LogP contribution in [0.25, 0.3) is 0 Å². The summed E-state index contributed by atoms with van der Waals surface area (Å²) in [5.74, 6) is 1.37. The molecule has 0 radical (unpaired) electrons. The molecule has 7 heteroatoms. The normalized spacial score (nSPS) is 14.5. The van der Waals surface area contributed by atoms with Crippen LogP contribution in [0.15, 0.2) is 18.2 Å². The van der Waals surface area contributed by atoms with Crippen molar-refractivity contribution in [2.24, 2.45) is 5.14 Å². The summed E-state index contributed by atoms with van der Waals surface area (Å²) >= 11 is 0. The van der Waals surface area contributed by atoms with Crippen molar-refractivity contribution in [3.63, 3.8) is 0 Å². The monoisotopic (exact) mass is 272 g/mol. The molecule has 0 fully saturated rings. The number of hydrogen-bond acceptors (Lipinski definition) is 5. The number of rotatable bonds is 5. The van der Waals surface area contributed by atoms with Crippen LogP contribution in [0, 0.1) is 0 Å². The van der Waals surface area contributed by atoms with Gasteiger partial charge in [-0.05, 0) is 6.07 Å². The fourth-order valence-corrected chi connectivity index (χ4v) is 2.14. The zero-order valence-electron chi connectivity index (χ0n) is 9.89. The molecule has 0 saturated carbocycles. The van der Waals surface area contributed by atoms with Crippen molar-refractivity contribution in [1.82, 2.24) is 5.32 Å². The summed E-state index contributed by atoms with van der Waals surface area (Å²) in [5, 5.41) is 7.93. The van der Waals surface area contributed by atoms with Crippen LogP contribution in [-0.4, -0.2) is 33.9 Å². The SMILES string of the molecule is NS(=O)(=O)CCNCc1cccc2c1OCCO2. The van der Waals surface area contributed by atoms with Gasteiger partial charge >= 0.3 is 0 Å². The van der Waals surface area contributed by atoms with Gasteiger partial charge in [-0.25, -0.2) is 13.6 Å². The predicted molar refractivity (Wildman–Crippen MR) is 67.1 cm³/mol. The van der Waals surface area contributed by atoms with Gasteiger partial charge in [0.15, 0.2) is 11.5 Å². The Morgan fingerprint density at radius 3 is 2.83 bits per heavy atom. The minimum atomic E-state index is -3.41. The van der Waals surface area contributed by atoms with Crippen molar-refractivity contribution in [1.29, 1.82) is 0 Å². The maximum atomic E-state index is 10.8. The topological polar surface area (TPSA) is 90.7 Å². The van der Waals surface area contributed by atoms with Gasteiger partial charge in [-0.2, -0.15) is 0 Å². The summed E-state index contributed by atoms with van der Waals surface area (Å²) in [6.45, 7) is 1.90. The zero-order chi connectivity index (χ0) is 13.0. The van der Waals surface area contributed by atoms with Gasteiger partial charge in [0.1, 0.15) is 13.2 Å². The molecule has 1 heterocycles. The average Bonchev–Trinajstić information content (AvgIpc) is 2.33. The second-order valence-corrected chi connectivity index (χ2v) is 5.72. The Kier molecular flexibility index (Phi) is 4.05. The number of nitrogens with one attached hydrogen (secondary N) is 1. The Labute approximate surface area is 106 Å². The van der Waals surface area contributed by atoms with Crippen LogP contribution in [0.3, 0.4) is 0 Å². The first-order valence-corrected chi connectivity index (χ1v) is 7.36. The van der Waals surface area contributed by atoms with Gasteiger partial charge in [0, 0.05) is 18.7 Å². The molecule has 0 aromatic heterocycles. The Bertz CT molecular complexity index is 516. The van der Waals surface area contributed by atoms with Crippen molar-refractivity contribution in [3.05, 3.63) is 23.8 Å². The van der Waals surface area contributed by atoms with Crippen molar-refractivity contribution in [2.75, 3.05) is 25.5 Å². The van der Waals surface area contributed by atoms with E-state index >= 15 is 0 Å². The molecule has 0 unspecified atom stereocenters. The van der Waals surface area contributed by atoms with E-state index in [-0.39, 0.29) is 5.75 Å². The Hall–Kier alpha value is -1.31. The standard InChI is InChI=1S/C11H16N2O4S/c12-18(14,15)7-4-13-8-9-2-1-3-10-11(9)17-6-5-16-10/h1-3,13H,4-8H2,(H2,12,14,15). The first-order chi connectivity index (χ1) is 8.56. The van der Waals surface area contributed by atoms with Gasteiger partial charge in [-0.15, -0.1) is 0 Å². The molecule has 0 saturated heterocycles. The summed E-state index contributed by atoms with van der Waals surface area (Å²) in [6.07, 6.45) is 0. The van der Waals surface area contributed by atoms with Gasteiger partial charge < -0.3 is 14.8 Å². The Morgan fingerprint density at radius 1 is 1.28 bits per heavy atom. The smallest absolute Gasteiger partial charge is 0.210 e. The van der Waals surface area contributed by atoms with E-state index in [4.69, 9.17) is 14.6 Å². The number of nitrogens with two attached hydrogens (primary N) is 1. The highest BCUT2D eigenvalue weighted by Gasteiger charge is 2.15. The molecule has 0 atom stereocenters. The lowest BCUT2D eigenvalue weighted by Gasteiger charge is -2.21. The molecule has 1 aromatic rings. The fraction of sp³-hybridized carbons (Fsp3) is 0.455. The molecule has 0 spiro atoms.